The zero-order valence-corrected chi connectivity index (χ0v) is 23.3. The molecule has 10 heteroatoms. The number of nitro benzene ring substituents is 1. The highest BCUT2D eigenvalue weighted by atomic mass is 79.9. The number of ether oxygens (including phenoxy) is 1. The van der Waals surface area contributed by atoms with Crippen LogP contribution in [0.3, 0.4) is 0 Å². The minimum atomic E-state index is -1.32. The third-order valence-electron chi connectivity index (χ3n) is 5.70. The number of esters is 1. The number of Topliss-reactive ketones (excluding diaryl/α,β-unsaturated/α-hetero) is 1. The largest absolute Gasteiger partial charge is 0.449 e. The molecule has 0 aromatic heterocycles. The van der Waals surface area contributed by atoms with E-state index >= 15 is 0 Å². The van der Waals surface area contributed by atoms with Crippen LogP contribution in [0.25, 0.3) is 0 Å². The Morgan fingerprint density at radius 2 is 1.44 bits per heavy atom. The quantitative estimate of drug-likeness (QED) is 0.0675. The summed E-state index contributed by atoms with van der Waals surface area (Å²) in [4.78, 5) is 48.8. The molecule has 4 rings (SSSR count). The van der Waals surface area contributed by atoms with Gasteiger partial charge in [0.1, 0.15) is 0 Å². The molecule has 8 nitrogen and oxygen atoms in total. The van der Waals surface area contributed by atoms with Gasteiger partial charge in [-0.2, -0.15) is 0 Å². The Morgan fingerprint density at radius 3 is 2.08 bits per heavy atom. The number of carbonyl (C=O) groups is 3. The molecular weight excluding hydrogens is 632 g/mol. The van der Waals surface area contributed by atoms with Gasteiger partial charge in [0.15, 0.2) is 6.10 Å². The fourth-order valence-corrected chi connectivity index (χ4v) is 4.57. The maximum atomic E-state index is 13.4. The van der Waals surface area contributed by atoms with E-state index in [9.17, 15) is 24.5 Å². The second kappa shape index (κ2) is 12.6. The molecule has 0 spiro atoms. The summed E-state index contributed by atoms with van der Waals surface area (Å²) in [5.41, 5.74) is 1.64. The summed E-state index contributed by atoms with van der Waals surface area (Å²) in [6.07, 6.45) is -1.32. The number of ketones is 1. The normalized spacial score (nSPS) is 12.2. The highest BCUT2D eigenvalue weighted by Crippen LogP contribution is 2.33. The van der Waals surface area contributed by atoms with Crippen LogP contribution in [-0.4, -0.2) is 28.7 Å². The van der Waals surface area contributed by atoms with E-state index in [1.807, 2.05) is 0 Å². The molecular formula is C29H20Br2N2O6. The molecule has 196 valence electrons. The monoisotopic (exact) mass is 650 g/mol. The van der Waals surface area contributed by atoms with Crippen molar-refractivity contribution in [2.75, 3.05) is 5.32 Å². The number of non-ortho nitro benzene ring substituents is 1. The number of hydrogen-bond acceptors (Lipinski definition) is 6. The number of benzene rings is 4. The number of nitrogens with zero attached hydrogens (tertiary/aromatic N) is 1. The maximum absolute atomic E-state index is 13.4. The van der Waals surface area contributed by atoms with Crippen molar-refractivity contribution < 1.29 is 24.0 Å². The van der Waals surface area contributed by atoms with Gasteiger partial charge in [0, 0.05) is 33.4 Å². The summed E-state index contributed by atoms with van der Waals surface area (Å²) >= 11 is 6.76. The Morgan fingerprint density at radius 1 is 0.795 bits per heavy atom. The van der Waals surface area contributed by atoms with Crippen LogP contribution in [-0.2, 0) is 4.74 Å². The van der Waals surface area contributed by atoms with E-state index < -0.39 is 27.6 Å². The van der Waals surface area contributed by atoms with E-state index in [1.165, 1.54) is 30.3 Å². The van der Waals surface area contributed by atoms with E-state index in [-0.39, 0.29) is 17.2 Å². The van der Waals surface area contributed by atoms with E-state index in [4.69, 9.17) is 4.74 Å². The van der Waals surface area contributed by atoms with E-state index in [2.05, 4.69) is 37.2 Å². The number of hydrogen-bond donors (Lipinski definition) is 1. The molecule has 1 amide bonds. The van der Waals surface area contributed by atoms with Crippen molar-refractivity contribution in [2.24, 2.45) is 0 Å². The Bertz CT molecular complexity index is 1510. The molecule has 0 aliphatic carbocycles. The first-order valence-electron chi connectivity index (χ1n) is 11.6. The minimum absolute atomic E-state index is 0.154. The summed E-state index contributed by atoms with van der Waals surface area (Å²) in [7, 11) is 0. The van der Waals surface area contributed by atoms with Gasteiger partial charge in [-0.15, -0.1) is 0 Å². The molecule has 1 N–H and O–H groups in total. The first-order chi connectivity index (χ1) is 18.7. The number of amides is 1. The number of nitrogens with one attached hydrogen (secondary N) is 1. The molecule has 0 fully saturated rings. The molecule has 4 aromatic rings. The third kappa shape index (κ3) is 7.04. The van der Waals surface area contributed by atoms with Crippen LogP contribution in [0.4, 0.5) is 11.4 Å². The van der Waals surface area contributed by atoms with Gasteiger partial charge < -0.3 is 10.1 Å². The molecule has 39 heavy (non-hydrogen) atoms. The SMILES string of the molecule is O=C(Nc1ccc(C(=O)O[C@H](C(=O)c2ccccc2)[C@H](Br)c2cccc([N+](=O)[O-])c2)cc1)c1ccc(Br)cc1. The molecule has 0 saturated carbocycles. The Labute approximate surface area is 240 Å². The zero-order valence-electron chi connectivity index (χ0n) is 20.1. The highest BCUT2D eigenvalue weighted by molar-refractivity contribution is 9.10. The van der Waals surface area contributed by atoms with Crippen molar-refractivity contribution in [1.82, 2.24) is 0 Å². The summed E-state index contributed by atoms with van der Waals surface area (Å²) in [5.74, 6) is -1.56. The van der Waals surface area contributed by atoms with Crippen molar-refractivity contribution >= 4 is 60.9 Å². The van der Waals surface area contributed by atoms with Crippen LogP contribution in [0.1, 0.15) is 41.5 Å². The first kappa shape index (κ1) is 27.9. The fraction of sp³-hybridized carbons (Fsp3) is 0.0690. The number of rotatable bonds is 9. The molecule has 0 saturated heterocycles. The number of nitro groups is 1. The molecule has 0 radical (unpaired) electrons. The lowest BCUT2D eigenvalue weighted by Crippen LogP contribution is -2.31. The van der Waals surface area contributed by atoms with Crippen LogP contribution in [0.15, 0.2) is 108 Å². The average molecular weight is 652 g/mol. The van der Waals surface area contributed by atoms with Crippen molar-refractivity contribution in [3.05, 3.63) is 140 Å². The Balaban J connectivity index is 1.54. The second-order valence-corrected chi connectivity index (χ2v) is 10.3. The smallest absolute Gasteiger partial charge is 0.338 e. The van der Waals surface area contributed by atoms with Gasteiger partial charge in [0.25, 0.3) is 11.6 Å². The lowest BCUT2D eigenvalue weighted by Gasteiger charge is -2.22. The fourth-order valence-electron chi connectivity index (χ4n) is 3.68. The van der Waals surface area contributed by atoms with Gasteiger partial charge in [-0.1, -0.05) is 74.3 Å². The van der Waals surface area contributed by atoms with Gasteiger partial charge in [-0.05, 0) is 54.1 Å². The summed E-state index contributed by atoms with van der Waals surface area (Å²) in [6, 6.07) is 27.0. The van der Waals surface area contributed by atoms with Crippen molar-refractivity contribution in [3.63, 3.8) is 0 Å². The molecule has 0 aliphatic heterocycles. The Kier molecular flexibility index (Phi) is 9.00. The molecule has 4 aromatic carbocycles. The molecule has 0 heterocycles. The van der Waals surface area contributed by atoms with Gasteiger partial charge in [-0.3, -0.25) is 19.7 Å². The predicted molar refractivity (Wildman–Crippen MR) is 153 cm³/mol. The zero-order chi connectivity index (χ0) is 27.9. The number of halogens is 2. The second-order valence-electron chi connectivity index (χ2n) is 8.35. The molecule has 0 unspecified atom stereocenters. The van der Waals surface area contributed by atoms with Crippen molar-refractivity contribution in [2.45, 2.75) is 10.9 Å². The lowest BCUT2D eigenvalue weighted by atomic mass is 9.99. The molecule has 0 bridgehead atoms. The van der Waals surface area contributed by atoms with Gasteiger partial charge in [-0.25, -0.2) is 4.79 Å². The Hall–Kier alpha value is -4.15. The van der Waals surface area contributed by atoms with Crippen molar-refractivity contribution in [1.29, 1.82) is 0 Å². The summed E-state index contributed by atoms with van der Waals surface area (Å²) < 4.78 is 6.52. The van der Waals surface area contributed by atoms with Crippen LogP contribution in [0.5, 0.6) is 0 Å². The van der Waals surface area contributed by atoms with E-state index in [0.717, 1.165) is 4.47 Å². The van der Waals surface area contributed by atoms with Gasteiger partial charge in [0.2, 0.25) is 5.78 Å². The van der Waals surface area contributed by atoms with Crippen LogP contribution in [0, 0.1) is 10.1 Å². The van der Waals surface area contributed by atoms with Gasteiger partial charge >= 0.3 is 5.97 Å². The highest BCUT2D eigenvalue weighted by Gasteiger charge is 2.33. The van der Waals surface area contributed by atoms with Crippen LogP contribution >= 0.6 is 31.9 Å². The number of anilines is 1. The summed E-state index contributed by atoms with van der Waals surface area (Å²) in [5, 5.41) is 14.0. The van der Waals surface area contributed by atoms with Crippen LogP contribution in [0.2, 0.25) is 0 Å². The molecule has 0 aliphatic rings. The number of alkyl halides is 1. The lowest BCUT2D eigenvalue weighted by molar-refractivity contribution is -0.384. The van der Waals surface area contributed by atoms with Gasteiger partial charge in [0.05, 0.1) is 15.3 Å². The standard InChI is InChI=1S/C29H20Br2N2O6/c30-22-13-9-19(10-14-22)28(35)32-23-15-11-20(12-16-23)29(36)39-27(26(34)18-5-2-1-3-6-18)25(31)21-7-4-8-24(17-21)33(37)38/h1-17,25,27H,(H,32,35)/t25-,27+/m1/s1. The number of carbonyl (C=O) groups excluding carboxylic acids is 3. The maximum Gasteiger partial charge on any atom is 0.338 e. The van der Waals surface area contributed by atoms with Crippen LogP contribution < -0.4 is 5.32 Å². The van der Waals surface area contributed by atoms with Crippen molar-refractivity contribution in [3.8, 4) is 0 Å². The average Bonchev–Trinajstić information content (AvgIpc) is 2.96. The molecule has 2 atom stereocenters. The predicted octanol–water partition coefficient (Wildman–Crippen LogP) is 7.15. The third-order valence-corrected chi connectivity index (χ3v) is 7.24. The van der Waals surface area contributed by atoms with E-state index in [0.29, 0.717) is 22.4 Å². The van der Waals surface area contributed by atoms with E-state index in [1.54, 1.807) is 72.8 Å². The minimum Gasteiger partial charge on any atom is -0.449 e. The summed E-state index contributed by atoms with van der Waals surface area (Å²) in [6.45, 7) is 0. The first-order valence-corrected chi connectivity index (χ1v) is 13.3. The topological polar surface area (TPSA) is 116 Å².